The van der Waals surface area contributed by atoms with Gasteiger partial charge in [-0.15, -0.1) is 0 Å². The summed E-state index contributed by atoms with van der Waals surface area (Å²) in [6, 6.07) is 5.29. The summed E-state index contributed by atoms with van der Waals surface area (Å²) < 4.78 is 14.5. The van der Waals surface area contributed by atoms with E-state index in [-0.39, 0.29) is 5.82 Å². The van der Waals surface area contributed by atoms with Gasteiger partial charge < -0.3 is 0 Å². The van der Waals surface area contributed by atoms with Crippen molar-refractivity contribution >= 4 is 45.2 Å². The molecule has 10 heavy (non-hydrogen) atoms. The Bertz CT molecular complexity index is 235. The van der Waals surface area contributed by atoms with Crippen LogP contribution < -0.4 is 0 Å². The van der Waals surface area contributed by atoms with Crippen molar-refractivity contribution in [3.63, 3.8) is 0 Å². The van der Waals surface area contributed by atoms with E-state index in [4.69, 9.17) is 0 Å². The Kier molecular flexibility index (Phi) is 3.35. The SMILES string of the molecule is Fc1cc(I)ccc1CI. The van der Waals surface area contributed by atoms with Crippen LogP contribution in [0.4, 0.5) is 4.39 Å². The molecule has 0 heterocycles. The molecule has 0 unspecified atom stereocenters. The van der Waals surface area contributed by atoms with Crippen LogP contribution in [0.15, 0.2) is 18.2 Å². The fourth-order valence-electron chi connectivity index (χ4n) is 0.630. The second-order valence-electron chi connectivity index (χ2n) is 1.87. The monoisotopic (exact) mass is 362 g/mol. The minimum Gasteiger partial charge on any atom is -0.207 e. The molecule has 0 N–H and O–H groups in total. The molecule has 0 aliphatic carbocycles. The van der Waals surface area contributed by atoms with Gasteiger partial charge in [-0.05, 0) is 40.3 Å². The van der Waals surface area contributed by atoms with Gasteiger partial charge in [-0.3, -0.25) is 0 Å². The van der Waals surface area contributed by atoms with E-state index in [0.29, 0.717) is 0 Å². The van der Waals surface area contributed by atoms with Crippen molar-refractivity contribution in [1.82, 2.24) is 0 Å². The van der Waals surface area contributed by atoms with Crippen LogP contribution in [-0.2, 0) is 4.43 Å². The van der Waals surface area contributed by atoms with Crippen LogP contribution in [-0.4, -0.2) is 0 Å². The first-order valence-electron chi connectivity index (χ1n) is 2.74. The summed E-state index contributed by atoms with van der Waals surface area (Å²) in [4.78, 5) is 0. The van der Waals surface area contributed by atoms with Crippen LogP contribution in [0, 0.1) is 9.39 Å². The number of alkyl halides is 1. The molecule has 0 aliphatic rings. The van der Waals surface area contributed by atoms with Gasteiger partial charge in [0.05, 0.1) is 0 Å². The quantitative estimate of drug-likeness (QED) is 0.531. The van der Waals surface area contributed by atoms with Gasteiger partial charge in [0.25, 0.3) is 0 Å². The van der Waals surface area contributed by atoms with E-state index >= 15 is 0 Å². The second-order valence-corrected chi connectivity index (χ2v) is 3.88. The Balaban J connectivity index is 3.07. The first-order chi connectivity index (χ1) is 4.74. The lowest BCUT2D eigenvalue weighted by Gasteiger charge is -1.96. The minimum atomic E-state index is -0.0960. The van der Waals surface area contributed by atoms with Gasteiger partial charge in [0.15, 0.2) is 0 Å². The second kappa shape index (κ2) is 3.85. The molecule has 1 aromatic rings. The van der Waals surface area contributed by atoms with Crippen molar-refractivity contribution in [2.45, 2.75) is 4.43 Å². The number of benzene rings is 1. The maximum absolute atomic E-state index is 12.8. The van der Waals surface area contributed by atoms with Gasteiger partial charge in [-0.1, -0.05) is 28.7 Å². The maximum Gasteiger partial charge on any atom is 0.128 e. The molecule has 0 fully saturated rings. The Hall–Kier alpha value is 0.610. The van der Waals surface area contributed by atoms with Crippen molar-refractivity contribution in [2.75, 3.05) is 0 Å². The molecule has 0 radical (unpaired) electrons. The summed E-state index contributed by atoms with van der Waals surface area (Å²) in [5, 5.41) is 0. The van der Waals surface area contributed by atoms with E-state index in [9.17, 15) is 4.39 Å². The molecule has 0 aromatic heterocycles. The molecule has 0 saturated heterocycles. The summed E-state index contributed by atoms with van der Waals surface area (Å²) in [6.45, 7) is 0. The van der Waals surface area contributed by atoms with Gasteiger partial charge >= 0.3 is 0 Å². The van der Waals surface area contributed by atoms with Crippen molar-refractivity contribution in [3.05, 3.63) is 33.1 Å². The molecule has 0 aliphatic heterocycles. The van der Waals surface area contributed by atoms with Crippen LogP contribution in [0.5, 0.6) is 0 Å². The summed E-state index contributed by atoms with van der Waals surface area (Å²) in [6.07, 6.45) is 0. The average Bonchev–Trinajstić information content (AvgIpc) is 1.88. The average molecular weight is 362 g/mol. The Morgan fingerprint density at radius 3 is 2.60 bits per heavy atom. The van der Waals surface area contributed by atoms with Crippen LogP contribution in [0.1, 0.15) is 5.56 Å². The molecule has 0 spiro atoms. The summed E-state index contributed by atoms with van der Waals surface area (Å²) >= 11 is 4.24. The highest BCUT2D eigenvalue weighted by Crippen LogP contribution is 2.14. The van der Waals surface area contributed by atoms with Gasteiger partial charge in [-0.2, -0.15) is 0 Å². The molecule has 0 amide bonds. The van der Waals surface area contributed by atoms with E-state index < -0.39 is 0 Å². The zero-order valence-electron chi connectivity index (χ0n) is 5.07. The number of halogens is 3. The first kappa shape index (κ1) is 8.70. The molecular formula is C7H5FI2. The van der Waals surface area contributed by atoms with Crippen LogP contribution in [0.25, 0.3) is 0 Å². The summed E-state index contributed by atoms with van der Waals surface area (Å²) in [7, 11) is 0. The van der Waals surface area contributed by atoms with Gasteiger partial charge in [0, 0.05) is 8.00 Å². The minimum absolute atomic E-state index is 0.0960. The Morgan fingerprint density at radius 1 is 1.40 bits per heavy atom. The molecular weight excluding hydrogens is 357 g/mol. The van der Waals surface area contributed by atoms with Crippen LogP contribution in [0.2, 0.25) is 0 Å². The van der Waals surface area contributed by atoms with Gasteiger partial charge in [0.2, 0.25) is 0 Å². The Labute approximate surface area is 86.5 Å². The van der Waals surface area contributed by atoms with E-state index in [1.54, 1.807) is 6.07 Å². The normalized spacial score (nSPS) is 9.90. The lowest BCUT2D eigenvalue weighted by molar-refractivity contribution is 0.617. The Morgan fingerprint density at radius 2 is 2.10 bits per heavy atom. The van der Waals surface area contributed by atoms with Crippen LogP contribution in [0.3, 0.4) is 0 Å². The molecule has 0 bridgehead atoms. The summed E-state index contributed by atoms with van der Waals surface area (Å²) in [5.41, 5.74) is 0.779. The first-order valence-corrected chi connectivity index (χ1v) is 5.34. The van der Waals surface area contributed by atoms with Gasteiger partial charge in [-0.25, -0.2) is 4.39 Å². The van der Waals surface area contributed by atoms with Gasteiger partial charge in [0.1, 0.15) is 5.82 Å². The van der Waals surface area contributed by atoms with E-state index in [1.807, 2.05) is 12.1 Å². The topological polar surface area (TPSA) is 0 Å². The molecule has 0 nitrogen and oxygen atoms in total. The lowest BCUT2D eigenvalue weighted by Crippen LogP contribution is -1.85. The van der Waals surface area contributed by atoms with E-state index in [1.165, 1.54) is 0 Å². The molecule has 3 heteroatoms. The standard InChI is InChI=1S/C7H5FI2/c8-7-3-6(10)2-1-5(7)4-9/h1-3H,4H2. The van der Waals surface area contributed by atoms with Crippen molar-refractivity contribution in [3.8, 4) is 0 Å². The predicted octanol–water partition coefficient (Wildman–Crippen LogP) is 3.37. The highest BCUT2D eigenvalue weighted by Gasteiger charge is 1.98. The molecule has 0 atom stereocenters. The number of rotatable bonds is 1. The fourth-order valence-corrected chi connectivity index (χ4v) is 1.70. The third-order valence-corrected chi connectivity index (χ3v) is 2.65. The maximum atomic E-state index is 12.8. The summed E-state index contributed by atoms with van der Waals surface area (Å²) in [5.74, 6) is -0.0960. The van der Waals surface area contributed by atoms with Crippen molar-refractivity contribution in [2.24, 2.45) is 0 Å². The van der Waals surface area contributed by atoms with Crippen molar-refractivity contribution in [1.29, 1.82) is 0 Å². The molecule has 54 valence electrons. The number of hydrogen-bond donors (Lipinski definition) is 0. The smallest absolute Gasteiger partial charge is 0.128 e. The van der Waals surface area contributed by atoms with E-state index in [0.717, 1.165) is 13.6 Å². The largest absolute Gasteiger partial charge is 0.207 e. The lowest BCUT2D eigenvalue weighted by atomic mass is 10.2. The van der Waals surface area contributed by atoms with Crippen molar-refractivity contribution < 1.29 is 4.39 Å². The molecule has 0 saturated carbocycles. The number of hydrogen-bond acceptors (Lipinski definition) is 0. The third kappa shape index (κ3) is 2.05. The fraction of sp³-hybridized carbons (Fsp3) is 0.143. The van der Waals surface area contributed by atoms with Crippen LogP contribution >= 0.6 is 45.2 Å². The zero-order chi connectivity index (χ0) is 7.56. The highest BCUT2D eigenvalue weighted by atomic mass is 127. The molecule has 1 aromatic carbocycles. The third-order valence-electron chi connectivity index (χ3n) is 1.16. The zero-order valence-corrected chi connectivity index (χ0v) is 9.39. The predicted molar refractivity (Wildman–Crippen MR) is 56.8 cm³/mol. The highest BCUT2D eigenvalue weighted by molar-refractivity contribution is 14.1. The molecule has 1 rings (SSSR count). The van der Waals surface area contributed by atoms with E-state index in [2.05, 4.69) is 45.2 Å².